The summed E-state index contributed by atoms with van der Waals surface area (Å²) in [6.45, 7) is 19.8. The van der Waals surface area contributed by atoms with Crippen molar-refractivity contribution in [3.8, 4) is 0 Å². The monoisotopic (exact) mass is 818 g/mol. The van der Waals surface area contributed by atoms with Crippen molar-refractivity contribution in [2.45, 2.75) is 216 Å². The Hall–Kier alpha value is -2.15. The maximum Gasteiger partial charge on any atom is 0.306 e. The Balaban J connectivity index is 4.23. The maximum absolute atomic E-state index is 12.6. The summed E-state index contributed by atoms with van der Waals surface area (Å²) in [5.41, 5.74) is 0. The minimum atomic E-state index is -0.0871. The lowest BCUT2D eigenvalue weighted by Crippen LogP contribution is -2.20. The molecule has 0 aromatic carbocycles. The third-order valence-electron chi connectivity index (χ3n) is 11.4. The van der Waals surface area contributed by atoms with E-state index in [4.69, 9.17) is 14.2 Å². The lowest BCUT2D eigenvalue weighted by molar-refractivity contribution is -0.150. The molecule has 0 radical (unpaired) electrons. The quantitative estimate of drug-likeness (QED) is 0.0264. The van der Waals surface area contributed by atoms with Gasteiger partial charge in [-0.1, -0.05) is 157 Å². The third-order valence-corrected chi connectivity index (χ3v) is 11.4. The molecule has 7 heteroatoms. The molecule has 0 N–H and O–H groups in total. The minimum Gasteiger partial charge on any atom is -0.462 e. The Labute approximate surface area is 359 Å². The lowest BCUT2D eigenvalue weighted by atomic mass is 9.88. The summed E-state index contributed by atoms with van der Waals surface area (Å²) in [4.78, 5) is 39.1. The molecule has 340 valence electrons. The molecular weight excluding hydrogens is 723 g/mol. The van der Waals surface area contributed by atoms with Crippen LogP contribution in [0.15, 0.2) is 24.3 Å². The van der Waals surface area contributed by atoms with Crippen LogP contribution in [0.1, 0.15) is 209 Å². The van der Waals surface area contributed by atoms with Gasteiger partial charge in [0.15, 0.2) is 0 Å². The van der Waals surface area contributed by atoms with Crippen molar-refractivity contribution in [1.29, 1.82) is 0 Å². The maximum atomic E-state index is 12.6. The van der Waals surface area contributed by atoms with Gasteiger partial charge in [0.1, 0.15) is 19.3 Å². The van der Waals surface area contributed by atoms with E-state index in [0.717, 1.165) is 90.0 Å². The van der Waals surface area contributed by atoms with Crippen molar-refractivity contribution in [1.82, 2.24) is 4.90 Å². The molecule has 0 aliphatic heterocycles. The molecule has 0 fully saturated rings. The number of nitrogens with zero attached hydrogens (tertiary/aromatic N) is 1. The fourth-order valence-corrected chi connectivity index (χ4v) is 7.34. The van der Waals surface area contributed by atoms with Gasteiger partial charge in [-0.2, -0.15) is 0 Å². The number of hydrogen-bond donors (Lipinski definition) is 0. The van der Waals surface area contributed by atoms with Gasteiger partial charge in [-0.25, -0.2) is 0 Å². The zero-order valence-corrected chi connectivity index (χ0v) is 39.8. The topological polar surface area (TPSA) is 82.1 Å². The summed E-state index contributed by atoms with van der Waals surface area (Å²) in [5, 5.41) is 0. The summed E-state index contributed by atoms with van der Waals surface area (Å²) in [6.07, 6.45) is 33.0. The second kappa shape index (κ2) is 37.8. The summed E-state index contributed by atoms with van der Waals surface area (Å²) < 4.78 is 16.9. The Morgan fingerprint density at radius 2 is 0.810 bits per heavy atom. The predicted molar refractivity (Wildman–Crippen MR) is 246 cm³/mol. The predicted octanol–water partition coefficient (Wildman–Crippen LogP) is 13.9. The highest BCUT2D eigenvalue weighted by atomic mass is 16.5. The van der Waals surface area contributed by atoms with Crippen molar-refractivity contribution in [2.75, 3.05) is 33.9 Å². The van der Waals surface area contributed by atoms with E-state index in [1.807, 2.05) is 26.2 Å². The summed E-state index contributed by atoms with van der Waals surface area (Å²) in [5.74, 6) is 3.49. The second-order valence-corrected chi connectivity index (χ2v) is 19.0. The average Bonchev–Trinajstić information content (AvgIpc) is 3.14. The molecule has 7 nitrogen and oxygen atoms in total. The fourth-order valence-electron chi connectivity index (χ4n) is 7.34. The van der Waals surface area contributed by atoms with Gasteiger partial charge in [-0.05, 0) is 114 Å². The molecule has 2 atom stereocenters. The van der Waals surface area contributed by atoms with Crippen molar-refractivity contribution in [2.24, 2.45) is 35.5 Å². The molecule has 0 spiro atoms. The molecule has 0 aromatic heterocycles. The lowest BCUT2D eigenvalue weighted by Gasteiger charge is -2.18. The van der Waals surface area contributed by atoms with E-state index in [2.05, 4.69) is 72.4 Å². The number of hydrogen-bond acceptors (Lipinski definition) is 7. The molecule has 0 amide bonds. The van der Waals surface area contributed by atoms with Crippen LogP contribution in [0.4, 0.5) is 0 Å². The minimum absolute atomic E-state index is 0.0150. The second-order valence-electron chi connectivity index (χ2n) is 19.0. The first-order chi connectivity index (χ1) is 27.7. The van der Waals surface area contributed by atoms with Crippen molar-refractivity contribution < 1.29 is 28.6 Å². The van der Waals surface area contributed by atoms with Gasteiger partial charge in [0, 0.05) is 19.3 Å². The molecule has 0 saturated carbocycles. The van der Waals surface area contributed by atoms with Crippen LogP contribution in [-0.2, 0) is 28.6 Å². The van der Waals surface area contributed by atoms with Crippen molar-refractivity contribution >= 4 is 17.9 Å². The number of allylic oxidation sites excluding steroid dienone is 2. The first-order valence-electron chi connectivity index (χ1n) is 24.2. The number of ether oxygens (including phenoxy) is 3. The third kappa shape index (κ3) is 36.9. The average molecular weight is 818 g/mol. The van der Waals surface area contributed by atoms with E-state index >= 15 is 0 Å². The van der Waals surface area contributed by atoms with Crippen LogP contribution in [0.25, 0.3) is 0 Å². The van der Waals surface area contributed by atoms with Gasteiger partial charge in [0.05, 0.1) is 0 Å². The number of rotatable bonds is 39. The van der Waals surface area contributed by atoms with Crippen LogP contribution in [0.3, 0.4) is 0 Å². The fraction of sp³-hybridized carbons (Fsp3) is 0.863. The standard InChI is InChI=1S/C51H95NO6/c1-42(2)35-37-46(44(5)6)28-26-40-56-49(53)32-23-19-15-11-13-17-21-30-48(58-51(55)34-25-39-52(9)10)31-22-18-14-12-16-20-24-33-50(54)57-41-27-29-47(45(7)8)38-36-43(3)4/h26-29,42-48H,11-25,30-41H2,1-10H3. The smallest absolute Gasteiger partial charge is 0.306 e. The number of unbranched alkanes of at least 4 members (excludes halogenated alkanes) is 12. The van der Waals surface area contributed by atoms with Crippen molar-refractivity contribution in [3.63, 3.8) is 0 Å². The Kier molecular flexibility index (Phi) is 36.4. The molecule has 0 saturated heterocycles. The molecule has 58 heavy (non-hydrogen) atoms. The normalized spacial score (nSPS) is 13.8. The molecule has 0 aliphatic rings. The summed E-state index contributed by atoms with van der Waals surface area (Å²) >= 11 is 0. The van der Waals surface area contributed by atoms with Gasteiger partial charge in [0.2, 0.25) is 0 Å². The first kappa shape index (κ1) is 55.9. The molecular formula is C51H95NO6. The van der Waals surface area contributed by atoms with E-state index in [-0.39, 0.29) is 24.0 Å². The SMILES string of the molecule is CC(C)CCC(C=CCOC(=O)CCCCCCCCCC(CCCCCCCCCC(=O)OCC=CC(CCC(C)C)C(C)C)OC(=O)CCCN(C)C)C(C)C. The Bertz CT molecular complexity index is 980. The van der Waals surface area contributed by atoms with Crippen LogP contribution in [-0.4, -0.2) is 62.8 Å². The largest absolute Gasteiger partial charge is 0.462 e. The molecule has 0 heterocycles. The summed E-state index contributed by atoms with van der Waals surface area (Å²) in [6, 6.07) is 0. The first-order valence-corrected chi connectivity index (χ1v) is 24.2. The van der Waals surface area contributed by atoms with Gasteiger partial charge in [-0.3, -0.25) is 14.4 Å². The molecule has 0 rings (SSSR count). The van der Waals surface area contributed by atoms with Gasteiger partial charge in [-0.15, -0.1) is 0 Å². The van der Waals surface area contributed by atoms with E-state index < -0.39 is 0 Å². The van der Waals surface area contributed by atoms with Gasteiger partial charge in [0.25, 0.3) is 0 Å². The van der Waals surface area contributed by atoms with E-state index in [9.17, 15) is 14.4 Å². The number of carbonyl (C=O) groups excluding carboxylic acids is 3. The molecule has 0 aliphatic carbocycles. The van der Waals surface area contributed by atoms with Crippen LogP contribution in [0, 0.1) is 35.5 Å². The van der Waals surface area contributed by atoms with Gasteiger partial charge >= 0.3 is 17.9 Å². The van der Waals surface area contributed by atoms with Crippen molar-refractivity contribution in [3.05, 3.63) is 24.3 Å². The van der Waals surface area contributed by atoms with E-state index in [0.29, 0.717) is 68.0 Å². The number of esters is 3. The Morgan fingerprint density at radius 1 is 0.448 bits per heavy atom. The zero-order valence-electron chi connectivity index (χ0n) is 39.8. The highest BCUT2D eigenvalue weighted by Crippen LogP contribution is 2.23. The van der Waals surface area contributed by atoms with E-state index in [1.54, 1.807) is 0 Å². The van der Waals surface area contributed by atoms with Gasteiger partial charge < -0.3 is 19.1 Å². The summed E-state index contributed by atoms with van der Waals surface area (Å²) in [7, 11) is 4.07. The molecule has 2 unspecified atom stereocenters. The van der Waals surface area contributed by atoms with Crippen LogP contribution < -0.4 is 0 Å². The molecule has 0 bridgehead atoms. The zero-order chi connectivity index (χ0) is 43.4. The van der Waals surface area contributed by atoms with Crippen LogP contribution in [0.5, 0.6) is 0 Å². The highest BCUT2D eigenvalue weighted by Gasteiger charge is 2.15. The van der Waals surface area contributed by atoms with Crippen LogP contribution in [0.2, 0.25) is 0 Å². The highest BCUT2D eigenvalue weighted by molar-refractivity contribution is 5.70. The van der Waals surface area contributed by atoms with E-state index in [1.165, 1.54) is 51.4 Å². The molecule has 0 aromatic rings. The Morgan fingerprint density at radius 3 is 1.17 bits per heavy atom. The number of carbonyl (C=O) groups is 3. The van der Waals surface area contributed by atoms with Crippen LogP contribution >= 0.6 is 0 Å².